The first-order valence-electron chi connectivity index (χ1n) is 5.22. The predicted molar refractivity (Wildman–Crippen MR) is 57.0 cm³/mol. The van der Waals surface area contributed by atoms with E-state index in [4.69, 9.17) is 5.11 Å². The van der Waals surface area contributed by atoms with Crippen LogP contribution in [0.3, 0.4) is 0 Å². The summed E-state index contributed by atoms with van der Waals surface area (Å²) in [6, 6.07) is 1.52. The van der Waals surface area contributed by atoms with E-state index in [-0.39, 0.29) is 12.2 Å². The van der Waals surface area contributed by atoms with E-state index in [1.165, 1.54) is 0 Å². The van der Waals surface area contributed by atoms with Crippen molar-refractivity contribution < 1.29 is 23.1 Å². The monoisotopic (exact) mass is 263 g/mol. The van der Waals surface area contributed by atoms with Crippen molar-refractivity contribution in [3.05, 3.63) is 17.8 Å². The lowest BCUT2D eigenvalue weighted by Gasteiger charge is -2.15. The van der Waals surface area contributed by atoms with E-state index < -0.39 is 23.9 Å². The van der Waals surface area contributed by atoms with Crippen molar-refractivity contribution in [1.29, 1.82) is 0 Å². The Morgan fingerprint density at radius 1 is 1.44 bits per heavy atom. The maximum atomic E-state index is 12.2. The fourth-order valence-electron chi connectivity index (χ4n) is 1.28. The molecule has 0 aromatic carbocycles. The number of rotatable bonds is 5. The first-order valence-corrected chi connectivity index (χ1v) is 5.22. The minimum Gasteiger partial charge on any atom is -0.481 e. The zero-order chi connectivity index (χ0) is 13.8. The van der Waals surface area contributed by atoms with Gasteiger partial charge in [0.2, 0.25) is 0 Å². The molecule has 0 amide bonds. The van der Waals surface area contributed by atoms with Gasteiger partial charge in [-0.25, -0.2) is 0 Å². The molecule has 0 spiro atoms. The van der Waals surface area contributed by atoms with Gasteiger partial charge in [-0.2, -0.15) is 13.2 Å². The van der Waals surface area contributed by atoms with Crippen molar-refractivity contribution in [2.75, 3.05) is 5.32 Å². The molecule has 1 unspecified atom stereocenters. The van der Waals surface area contributed by atoms with Crippen LogP contribution in [0.5, 0.6) is 0 Å². The van der Waals surface area contributed by atoms with Gasteiger partial charge in [0.1, 0.15) is 5.82 Å². The normalized spacial score (nSPS) is 13.1. The van der Waals surface area contributed by atoms with Gasteiger partial charge in [0.25, 0.3) is 0 Å². The third-order valence-corrected chi connectivity index (χ3v) is 2.22. The van der Waals surface area contributed by atoms with Gasteiger partial charge < -0.3 is 10.4 Å². The number of nitrogens with zero attached hydrogens (tertiary/aromatic N) is 2. The number of alkyl halides is 3. The highest BCUT2D eigenvalue weighted by atomic mass is 19.4. The molecule has 2 N–H and O–H groups in total. The van der Waals surface area contributed by atoms with Crippen molar-refractivity contribution in [1.82, 2.24) is 10.2 Å². The van der Waals surface area contributed by atoms with Crippen LogP contribution in [0.1, 0.15) is 25.5 Å². The van der Waals surface area contributed by atoms with E-state index in [0.29, 0.717) is 6.42 Å². The Labute approximate surface area is 101 Å². The fourth-order valence-corrected chi connectivity index (χ4v) is 1.28. The van der Waals surface area contributed by atoms with Crippen LogP contribution < -0.4 is 5.32 Å². The zero-order valence-corrected chi connectivity index (χ0v) is 9.53. The Balaban J connectivity index is 2.71. The molecular formula is C10H12F3N3O2. The Morgan fingerprint density at radius 2 is 2.11 bits per heavy atom. The van der Waals surface area contributed by atoms with Crippen LogP contribution >= 0.6 is 0 Å². The lowest BCUT2D eigenvalue weighted by Crippen LogP contribution is -2.23. The Morgan fingerprint density at radius 3 is 2.50 bits per heavy atom. The minimum atomic E-state index is -4.53. The first-order chi connectivity index (χ1) is 8.32. The van der Waals surface area contributed by atoms with E-state index in [0.717, 1.165) is 12.1 Å². The van der Waals surface area contributed by atoms with E-state index in [1.807, 2.05) is 0 Å². The van der Waals surface area contributed by atoms with Crippen molar-refractivity contribution in [2.45, 2.75) is 32.0 Å². The van der Waals surface area contributed by atoms with E-state index in [1.54, 1.807) is 6.92 Å². The van der Waals surface area contributed by atoms with Gasteiger partial charge in [0, 0.05) is 6.04 Å². The zero-order valence-electron chi connectivity index (χ0n) is 9.53. The van der Waals surface area contributed by atoms with Crippen molar-refractivity contribution >= 4 is 11.8 Å². The number of carbonyl (C=O) groups is 1. The van der Waals surface area contributed by atoms with Crippen LogP contribution in [-0.4, -0.2) is 27.3 Å². The average molecular weight is 263 g/mol. The van der Waals surface area contributed by atoms with E-state index >= 15 is 0 Å². The first kappa shape index (κ1) is 14.2. The topological polar surface area (TPSA) is 75.1 Å². The van der Waals surface area contributed by atoms with Crippen LogP contribution in [0.2, 0.25) is 0 Å². The van der Waals surface area contributed by atoms with Crippen LogP contribution in [0, 0.1) is 0 Å². The summed E-state index contributed by atoms with van der Waals surface area (Å²) in [5, 5.41) is 17.7. The quantitative estimate of drug-likeness (QED) is 0.851. The molecule has 1 atom stereocenters. The molecular weight excluding hydrogens is 251 g/mol. The summed E-state index contributed by atoms with van der Waals surface area (Å²) >= 11 is 0. The molecule has 100 valence electrons. The molecule has 0 radical (unpaired) electrons. The highest BCUT2D eigenvalue weighted by Gasteiger charge is 2.32. The molecule has 0 saturated carbocycles. The predicted octanol–water partition coefficient (Wildman–Crippen LogP) is 2.16. The molecule has 8 heteroatoms. The number of hydrogen-bond acceptors (Lipinski definition) is 4. The van der Waals surface area contributed by atoms with Crippen LogP contribution in [0.25, 0.3) is 0 Å². The molecule has 0 aliphatic carbocycles. The van der Waals surface area contributed by atoms with Crippen LogP contribution in [-0.2, 0) is 11.0 Å². The molecule has 0 fully saturated rings. The molecule has 1 rings (SSSR count). The summed E-state index contributed by atoms with van der Waals surface area (Å²) in [7, 11) is 0. The summed E-state index contributed by atoms with van der Waals surface area (Å²) in [5.41, 5.74) is -1.08. The van der Waals surface area contributed by atoms with Crippen molar-refractivity contribution in [3.8, 4) is 0 Å². The van der Waals surface area contributed by atoms with Crippen molar-refractivity contribution in [3.63, 3.8) is 0 Å². The second-order valence-electron chi connectivity index (χ2n) is 3.65. The fraction of sp³-hybridized carbons (Fsp3) is 0.500. The Kier molecular flexibility index (Phi) is 4.46. The Bertz CT molecular complexity index is 406. The van der Waals surface area contributed by atoms with Gasteiger partial charge in [-0.05, 0) is 18.6 Å². The van der Waals surface area contributed by atoms with E-state index in [9.17, 15) is 18.0 Å². The average Bonchev–Trinajstić information content (AvgIpc) is 2.27. The number of nitrogens with one attached hydrogen (secondary N) is 1. The number of carboxylic acids is 1. The number of carboxylic acid groups (broad SMARTS) is 1. The van der Waals surface area contributed by atoms with Gasteiger partial charge in [0.05, 0.1) is 6.42 Å². The van der Waals surface area contributed by atoms with Gasteiger partial charge in [-0.3, -0.25) is 4.79 Å². The molecule has 0 saturated heterocycles. The van der Waals surface area contributed by atoms with Gasteiger partial charge in [-0.1, -0.05) is 6.92 Å². The van der Waals surface area contributed by atoms with Crippen molar-refractivity contribution in [2.24, 2.45) is 0 Å². The third kappa shape index (κ3) is 4.19. The third-order valence-electron chi connectivity index (χ3n) is 2.22. The molecule has 0 bridgehead atoms. The largest absolute Gasteiger partial charge is 0.481 e. The standard InChI is InChI=1S/C10H12F3N3O2/c1-2-6(5-9(17)18)14-8-4-3-7(15-16-8)10(11,12)13/h3-4,6H,2,5H2,1H3,(H,14,16)(H,17,18). The minimum absolute atomic E-state index is 0.121. The maximum absolute atomic E-state index is 12.2. The molecule has 5 nitrogen and oxygen atoms in total. The summed E-state index contributed by atoms with van der Waals surface area (Å²) < 4.78 is 36.7. The van der Waals surface area contributed by atoms with Gasteiger partial charge >= 0.3 is 12.1 Å². The molecule has 18 heavy (non-hydrogen) atoms. The second kappa shape index (κ2) is 5.65. The highest BCUT2D eigenvalue weighted by Crippen LogP contribution is 2.27. The van der Waals surface area contributed by atoms with Gasteiger partial charge in [0.15, 0.2) is 5.69 Å². The maximum Gasteiger partial charge on any atom is 0.435 e. The molecule has 1 aromatic heterocycles. The second-order valence-corrected chi connectivity index (χ2v) is 3.65. The number of aromatic nitrogens is 2. The molecule has 1 heterocycles. The SMILES string of the molecule is CCC(CC(=O)O)Nc1ccc(C(F)(F)F)nn1. The summed E-state index contributed by atoms with van der Waals surface area (Å²) in [5.74, 6) is -0.870. The lowest BCUT2D eigenvalue weighted by molar-refractivity contribution is -0.141. The van der Waals surface area contributed by atoms with Crippen LogP contribution in [0.15, 0.2) is 12.1 Å². The smallest absolute Gasteiger partial charge is 0.435 e. The van der Waals surface area contributed by atoms with Gasteiger partial charge in [-0.15, -0.1) is 10.2 Å². The number of hydrogen-bond donors (Lipinski definition) is 2. The summed E-state index contributed by atoms with van der Waals surface area (Å²) in [6.07, 6.45) is -4.16. The Hall–Kier alpha value is -1.86. The summed E-state index contributed by atoms with van der Waals surface area (Å²) in [6.45, 7) is 1.76. The number of aliphatic carboxylic acids is 1. The molecule has 1 aromatic rings. The number of anilines is 1. The summed E-state index contributed by atoms with van der Waals surface area (Å²) in [4.78, 5) is 10.5. The van der Waals surface area contributed by atoms with E-state index in [2.05, 4.69) is 15.5 Å². The molecule has 0 aliphatic rings. The van der Waals surface area contributed by atoms with Crippen LogP contribution in [0.4, 0.5) is 19.0 Å². The highest BCUT2D eigenvalue weighted by molar-refractivity contribution is 5.68. The molecule has 0 aliphatic heterocycles. The number of halogens is 3. The lowest BCUT2D eigenvalue weighted by atomic mass is 10.1.